The summed E-state index contributed by atoms with van der Waals surface area (Å²) in [7, 11) is 4.42. The number of nitrogens with zero attached hydrogens (tertiary/aromatic N) is 2. The Hall–Kier alpha value is -0.120. The summed E-state index contributed by atoms with van der Waals surface area (Å²) in [6.45, 7) is 5.64. The molecule has 1 atom stereocenters. The summed E-state index contributed by atoms with van der Waals surface area (Å²) in [4.78, 5) is 5.10. The van der Waals surface area contributed by atoms with Crippen molar-refractivity contribution in [3.63, 3.8) is 0 Å². The van der Waals surface area contributed by atoms with E-state index in [9.17, 15) is 0 Å². The predicted octanol–water partition coefficient (Wildman–Crippen LogP) is 2.31. The molecule has 0 bridgehead atoms. The van der Waals surface area contributed by atoms with Gasteiger partial charge in [0.25, 0.3) is 0 Å². The third-order valence-corrected chi connectivity index (χ3v) is 5.68. The van der Waals surface area contributed by atoms with Crippen LogP contribution in [0.25, 0.3) is 0 Å². The van der Waals surface area contributed by atoms with Gasteiger partial charge in [-0.15, -0.1) is 0 Å². The highest BCUT2D eigenvalue weighted by Gasteiger charge is 2.42. The monoisotopic (exact) mass is 267 g/mol. The fourth-order valence-electron chi connectivity index (χ4n) is 4.16. The van der Waals surface area contributed by atoms with Crippen molar-refractivity contribution in [1.29, 1.82) is 0 Å². The minimum absolute atomic E-state index is 0.328. The molecule has 0 amide bonds. The fraction of sp³-hybridized carbons (Fsp3) is 1.00. The van der Waals surface area contributed by atoms with Gasteiger partial charge in [0.05, 0.1) is 0 Å². The van der Waals surface area contributed by atoms with Gasteiger partial charge < -0.3 is 10.6 Å². The van der Waals surface area contributed by atoms with Crippen LogP contribution >= 0.6 is 0 Å². The number of hydrogen-bond donors (Lipinski definition) is 1. The number of hydrogen-bond acceptors (Lipinski definition) is 3. The van der Waals surface area contributed by atoms with Crippen LogP contribution in [0, 0.1) is 5.92 Å². The second-order valence-electron chi connectivity index (χ2n) is 7.01. The molecule has 0 radical (unpaired) electrons. The zero-order chi connectivity index (χ0) is 13.9. The zero-order valence-corrected chi connectivity index (χ0v) is 13.2. The normalized spacial score (nSPS) is 37.1. The van der Waals surface area contributed by atoms with Crippen molar-refractivity contribution in [2.45, 2.75) is 63.5 Å². The van der Waals surface area contributed by atoms with Crippen LogP contribution < -0.4 is 5.73 Å². The molecular formula is C16H33N3. The minimum atomic E-state index is 0.328. The van der Waals surface area contributed by atoms with Gasteiger partial charge in [-0.2, -0.15) is 0 Å². The molecule has 1 saturated heterocycles. The SMILES string of the molecule is CCCC1CCC(CN)(N2CCC(N(C)C)C2)CC1. The average Bonchev–Trinajstić information content (AvgIpc) is 2.91. The molecule has 0 aromatic rings. The van der Waals surface area contributed by atoms with Crippen LogP contribution in [-0.4, -0.2) is 55.1 Å². The lowest BCUT2D eigenvalue weighted by Crippen LogP contribution is -2.55. The summed E-state index contributed by atoms with van der Waals surface area (Å²) < 4.78 is 0. The number of nitrogens with two attached hydrogens (primary N) is 1. The van der Waals surface area contributed by atoms with Gasteiger partial charge in [0.2, 0.25) is 0 Å². The largest absolute Gasteiger partial charge is 0.329 e. The maximum atomic E-state index is 6.20. The molecule has 0 aromatic heterocycles. The molecule has 1 aliphatic heterocycles. The maximum absolute atomic E-state index is 6.20. The van der Waals surface area contributed by atoms with E-state index in [4.69, 9.17) is 5.73 Å². The van der Waals surface area contributed by atoms with E-state index in [1.165, 1.54) is 58.0 Å². The van der Waals surface area contributed by atoms with E-state index in [0.717, 1.165) is 18.5 Å². The van der Waals surface area contributed by atoms with E-state index < -0.39 is 0 Å². The first-order valence-corrected chi connectivity index (χ1v) is 8.23. The zero-order valence-electron chi connectivity index (χ0n) is 13.2. The number of likely N-dealkylation sites (N-methyl/N-ethyl adjacent to an activating group) is 1. The summed E-state index contributed by atoms with van der Waals surface area (Å²) in [6, 6.07) is 0.733. The first kappa shape index (κ1) is 15.3. The molecule has 112 valence electrons. The quantitative estimate of drug-likeness (QED) is 0.829. The minimum Gasteiger partial charge on any atom is -0.329 e. The van der Waals surface area contributed by atoms with E-state index >= 15 is 0 Å². The summed E-state index contributed by atoms with van der Waals surface area (Å²) in [6.07, 6.45) is 9.52. The van der Waals surface area contributed by atoms with Gasteiger partial charge in [0.1, 0.15) is 0 Å². The lowest BCUT2D eigenvalue weighted by Gasteiger charge is -2.46. The Morgan fingerprint density at radius 2 is 1.89 bits per heavy atom. The Bertz CT molecular complexity index is 269. The maximum Gasteiger partial charge on any atom is 0.0332 e. The van der Waals surface area contributed by atoms with Crippen molar-refractivity contribution in [2.75, 3.05) is 33.7 Å². The molecule has 2 aliphatic rings. The lowest BCUT2D eigenvalue weighted by atomic mass is 9.74. The van der Waals surface area contributed by atoms with Gasteiger partial charge in [-0.3, -0.25) is 4.90 Å². The predicted molar refractivity (Wildman–Crippen MR) is 82.3 cm³/mol. The molecule has 3 nitrogen and oxygen atoms in total. The Kier molecular flexibility index (Phi) is 5.27. The molecule has 0 aromatic carbocycles. The van der Waals surface area contributed by atoms with Gasteiger partial charge in [-0.1, -0.05) is 19.8 Å². The summed E-state index contributed by atoms with van der Waals surface area (Å²) in [5, 5.41) is 0. The molecule has 1 heterocycles. The van der Waals surface area contributed by atoms with Crippen molar-refractivity contribution in [2.24, 2.45) is 11.7 Å². The molecule has 1 unspecified atom stereocenters. The van der Waals surface area contributed by atoms with Gasteiger partial charge in [-0.05, 0) is 52.1 Å². The average molecular weight is 267 g/mol. The van der Waals surface area contributed by atoms with Crippen molar-refractivity contribution < 1.29 is 0 Å². The lowest BCUT2D eigenvalue weighted by molar-refractivity contribution is 0.0559. The van der Waals surface area contributed by atoms with E-state index in [1.807, 2.05) is 0 Å². The highest BCUT2D eigenvalue weighted by atomic mass is 15.3. The van der Waals surface area contributed by atoms with E-state index in [1.54, 1.807) is 0 Å². The highest BCUT2D eigenvalue weighted by Crippen LogP contribution is 2.39. The van der Waals surface area contributed by atoms with Crippen molar-refractivity contribution in [3.8, 4) is 0 Å². The topological polar surface area (TPSA) is 32.5 Å². The molecule has 3 heteroatoms. The van der Waals surface area contributed by atoms with Gasteiger partial charge >= 0.3 is 0 Å². The van der Waals surface area contributed by atoms with E-state index in [0.29, 0.717) is 5.54 Å². The first-order chi connectivity index (χ1) is 9.11. The van der Waals surface area contributed by atoms with Crippen LogP contribution in [0.5, 0.6) is 0 Å². The van der Waals surface area contributed by atoms with Crippen LogP contribution in [0.3, 0.4) is 0 Å². The smallest absolute Gasteiger partial charge is 0.0332 e. The van der Waals surface area contributed by atoms with Crippen LogP contribution in [-0.2, 0) is 0 Å². The summed E-state index contributed by atoms with van der Waals surface area (Å²) in [5.41, 5.74) is 6.53. The Labute approximate surface area is 119 Å². The highest BCUT2D eigenvalue weighted by molar-refractivity contribution is 4.99. The third kappa shape index (κ3) is 3.32. The van der Waals surface area contributed by atoms with Gasteiger partial charge in [0.15, 0.2) is 0 Å². The Morgan fingerprint density at radius 1 is 1.21 bits per heavy atom. The van der Waals surface area contributed by atoms with Crippen molar-refractivity contribution in [3.05, 3.63) is 0 Å². The van der Waals surface area contributed by atoms with Crippen LogP contribution in [0.1, 0.15) is 51.9 Å². The van der Waals surface area contributed by atoms with E-state index in [-0.39, 0.29) is 0 Å². The molecule has 1 saturated carbocycles. The van der Waals surface area contributed by atoms with Crippen LogP contribution in [0.2, 0.25) is 0 Å². The van der Waals surface area contributed by atoms with E-state index in [2.05, 4.69) is 30.8 Å². The molecule has 2 N–H and O–H groups in total. The fourth-order valence-corrected chi connectivity index (χ4v) is 4.16. The van der Waals surface area contributed by atoms with Gasteiger partial charge in [0, 0.05) is 31.2 Å². The molecule has 19 heavy (non-hydrogen) atoms. The Morgan fingerprint density at radius 3 is 2.37 bits per heavy atom. The number of rotatable bonds is 5. The van der Waals surface area contributed by atoms with Crippen LogP contribution in [0.15, 0.2) is 0 Å². The second-order valence-corrected chi connectivity index (χ2v) is 7.01. The standard InChI is InChI=1S/C16H33N3/c1-4-5-14-6-9-16(13-17,10-7-14)19-11-8-15(12-19)18(2)3/h14-15H,4-13,17H2,1-3H3. The Balaban J connectivity index is 1.93. The van der Waals surface area contributed by atoms with Gasteiger partial charge in [-0.25, -0.2) is 0 Å². The summed E-state index contributed by atoms with van der Waals surface area (Å²) in [5.74, 6) is 0.969. The first-order valence-electron chi connectivity index (χ1n) is 8.23. The second kappa shape index (κ2) is 6.55. The molecular weight excluding hydrogens is 234 g/mol. The molecule has 2 rings (SSSR count). The third-order valence-electron chi connectivity index (χ3n) is 5.68. The van der Waals surface area contributed by atoms with Crippen molar-refractivity contribution in [1.82, 2.24) is 9.80 Å². The number of likely N-dealkylation sites (tertiary alicyclic amines) is 1. The van der Waals surface area contributed by atoms with Crippen LogP contribution in [0.4, 0.5) is 0 Å². The molecule has 2 fully saturated rings. The summed E-state index contributed by atoms with van der Waals surface area (Å²) >= 11 is 0. The molecule has 1 aliphatic carbocycles. The van der Waals surface area contributed by atoms with Crippen molar-refractivity contribution >= 4 is 0 Å². The molecule has 0 spiro atoms.